The van der Waals surface area contributed by atoms with Crippen molar-refractivity contribution in [2.45, 2.75) is 70.8 Å². The predicted molar refractivity (Wildman–Crippen MR) is 84.7 cm³/mol. The van der Waals surface area contributed by atoms with Crippen molar-refractivity contribution in [2.24, 2.45) is 11.7 Å². The van der Waals surface area contributed by atoms with E-state index in [-0.39, 0.29) is 17.9 Å². The number of hydrogen-bond acceptors (Lipinski definition) is 3. The maximum Gasteiger partial charge on any atom is 0.220 e. The van der Waals surface area contributed by atoms with Crippen LogP contribution in [-0.4, -0.2) is 30.9 Å². The molecule has 0 bridgehead atoms. The number of amides is 2. The van der Waals surface area contributed by atoms with E-state index in [1.165, 1.54) is 32.1 Å². The molecule has 1 saturated carbocycles. The van der Waals surface area contributed by atoms with Gasteiger partial charge in [0.1, 0.15) is 0 Å². The number of rotatable bonds is 9. The smallest absolute Gasteiger partial charge is 0.220 e. The van der Waals surface area contributed by atoms with Gasteiger partial charge in [-0.05, 0) is 31.6 Å². The summed E-state index contributed by atoms with van der Waals surface area (Å²) in [5.41, 5.74) is 5.80. The minimum atomic E-state index is 0.0271. The van der Waals surface area contributed by atoms with E-state index < -0.39 is 0 Å². The van der Waals surface area contributed by atoms with Gasteiger partial charge in [-0.15, -0.1) is 0 Å². The van der Waals surface area contributed by atoms with Crippen LogP contribution in [-0.2, 0) is 9.59 Å². The number of nitrogens with one attached hydrogen (secondary N) is 2. The van der Waals surface area contributed by atoms with E-state index in [0.717, 1.165) is 6.42 Å². The molecular formula is C16H31N3O2. The fourth-order valence-electron chi connectivity index (χ4n) is 2.95. The van der Waals surface area contributed by atoms with Crippen molar-refractivity contribution in [3.63, 3.8) is 0 Å². The van der Waals surface area contributed by atoms with Crippen LogP contribution in [0.15, 0.2) is 0 Å². The molecule has 1 rings (SSSR count). The summed E-state index contributed by atoms with van der Waals surface area (Å²) in [4.78, 5) is 23.4. The second kappa shape index (κ2) is 10.6. The zero-order valence-corrected chi connectivity index (χ0v) is 13.3. The van der Waals surface area contributed by atoms with Gasteiger partial charge in [-0.3, -0.25) is 9.59 Å². The fraction of sp³-hybridized carbons (Fsp3) is 0.875. The van der Waals surface area contributed by atoms with Crippen LogP contribution in [0.4, 0.5) is 0 Å². The van der Waals surface area contributed by atoms with Crippen molar-refractivity contribution < 1.29 is 9.59 Å². The lowest BCUT2D eigenvalue weighted by molar-refractivity contribution is -0.123. The molecule has 0 aromatic carbocycles. The van der Waals surface area contributed by atoms with Crippen molar-refractivity contribution in [3.05, 3.63) is 0 Å². The Hall–Kier alpha value is -1.10. The van der Waals surface area contributed by atoms with Gasteiger partial charge in [-0.25, -0.2) is 0 Å². The minimum Gasteiger partial charge on any atom is -0.356 e. The van der Waals surface area contributed by atoms with Gasteiger partial charge in [0.2, 0.25) is 11.8 Å². The van der Waals surface area contributed by atoms with Gasteiger partial charge >= 0.3 is 0 Å². The Kier molecular flexibility index (Phi) is 9.06. The topological polar surface area (TPSA) is 84.2 Å². The molecule has 0 aromatic heterocycles. The average Bonchev–Trinajstić information content (AvgIpc) is 2.51. The highest BCUT2D eigenvalue weighted by Gasteiger charge is 2.23. The number of carbonyl (C=O) groups excluding carboxylic acids is 2. The largest absolute Gasteiger partial charge is 0.356 e. The Labute approximate surface area is 128 Å². The normalized spacial score (nSPS) is 17.2. The van der Waals surface area contributed by atoms with E-state index in [1.807, 2.05) is 6.92 Å². The molecule has 1 aliphatic carbocycles. The second-order valence-corrected chi connectivity index (χ2v) is 6.01. The van der Waals surface area contributed by atoms with E-state index in [4.69, 9.17) is 5.73 Å². The van der Waals surface area contributed by atoms with Gasteiger partial charge in [-0.2, -0.15) is 0 Å². The monoisotopic (exact) mass is 297 g/mol. The summed E-state index contributed by atoms with van der Waals surface area (Å²) in [6.07, 6.45) is 8.49. The van der Waals surface area contributed by atoms with Crippen molar-refractivity contribution in [1.29, 1.82) is 0 Å². The average molecular weight is 297 g/mol. The summed E-state index contributed by atoms with van der Waals surface area (Å²) >= 11 is 0. The first kappa shape index (κ1) is 18.0. The summed E-state index contributed by atoms with van der Waals surface area (Å²) in [5, 5.41) is 5.88. The summed E-state index contributed by atoms with van der Waals surface area (Å²) in [7, 11) is 0. The fourth-order valence-corrected chi connectivity index (χ4v) is 2.95. The van der Waals surface area contributed by atoms with Crippen molar-refractivity contribution in [1.82, 2.24) is 10.6 Å². The van der Waals surface area contributed by atoms with Gasteiger partial charge < -0.3 is 16.4 Å². The minimum absolute atomic E-state index is 0.0271. The molecule has 0 radical (unpaired) electrons. The maximum absolute atomic E-state index is 12.0. The third kappa shape index (κ3) is 7.46. The van der Waals surface area contributed by atoms with Crippen LogP contribution < -0.4 is 16.4 Å². The Bertz CT molecular complexity index is 315. The van der Waals surface area contributed by atoms with E-state index in [0.29, 0.717) is 38.3 Å². The molecule has 21 heavy (non-hydrogen) atoms. The van der Waals surface area contributed by atoms with E-state index in [1.54, 1.807) is 0 Å². The Morgan fingerprint density at radius 3 is 2.43 bits per heavy atom. The first-order chi connectivity index (χ1) is 10.2. The molecule has 0 aliphatic heterocycles. The summed E-state index contributed by atoms with van der Waals surface area (Å²) < 4.78 is 0. The molecule has 0 saturated heterocycles. The van der Waals surface area contributed by atoms with Crippen LogP contribution >= 0.6 is 0 Å². The van der Waals surface area contributed by atoms with Crippen molar-refractivity contribution in [2.75, 3.05) is 13.1 Å². The van der Waals surface area contributed by atoms with Gasteiger partial charge in [-0.1, -0.05) is 26.2 Å². The van der Waals surface area contributed by atoms with Crippen LogP contribution in [0.3, 0.4) is 0 Å². The third-order valence-electron chi connectivity index (χ3n) is 4.20. The van der Waals surface area contributed by atoms with Gasteiger partial charge in [0.25, 0.3) is 0 Å². The van der Waals surface area contributed by atoms with Gasteiger partial charge in [0, 0.05) is 32.0 Å². The Morgan fingerprint density at radius 1 is 1.14 bits per heavy atom. The summed E-state index contributed by atoms with van der Waals surface area (Å²) in [6.45, 7) is 3.24. The standard InChI is InChI=1S/C16H31N3O2/c1-2-11-18-15(20)9-6-10-16(21)19-14(12-17)13-7-4-3-5-8-13/h13-14H,2-12,17H2,1H3,(H,18,20)(H,19,21). The number of carbonyl (C=O) groups is 2. The van der Waals surface area contributed by atoms with E-state index >= 15 is 0 Å². The third-order valence-corrected chi connectivity index (χ3v) is 4.20. The van der Waals surface area contributed by atoms with Crippen LogP contribution in [0.1, 0.15) is 64.7 Å². The molecule has 0 heterocycles. The summed E-state index contributed by atoms with van der Waals surface area (Å²) in [5.74, 6) is 0.590. The number of hydrogen-bond donors (Lipinski definition) is 3. The molecular weight excluding hydrogens is 266 g/mol. The molecule has 122 valence electrons. The zero-order valence-electron chi connectivity index (χ0n) is 13.3. The maximum atomic E-state index is 12.0. The lowest BCUT2D eigenvalue weighted by Crippen LogP contribution is -2.45. The quantitative estimate of drug-likeness (QED) is 0.605. The Balaban J connectivity index is 2.20. The molecule has 1 aliphatic rings. The molecule has 1 fully saturated rings. The molecule has 5 heteroatoms. The van der Waals surface area contributed by atoms with Crippen molar-refractivity contribution >= 4 is 11.8 Å². The van der Waals surface area contributed by atoms with Crippen LogP contribution in [0.25, 0.3) is 0 Å². The van der Waals surface area contributed by atoms with Crippen molar-refractivity contribution in [3.8, 4) is 0 Å². The highest BCUT2D eigenvalue weighted by atomic mass is 16.2. The molecule has 1 unspecified atom stereocenters. The Morgan fingerprint density at radius 2 is 1.81 bits per heavy atom. The lowest BCUT2D eigenvalue weighted by Gasteiger charge is -2.30. The predicted octanol–water partition coefficient (Wildman–Crippen LogP) is 1.71. The zero-order chi connectivity index (χ0) is 15.5. The van der Waals surface area contributed by atoms with Crippen LogP contribution in [0.5, 0.6) is 0 Å². The summed E-state index contributed by atoms with van der Waals surface area (Å²) in [6, 6.07) is 0.103. The van der Waals surface area contributed by atoms with E-state index in [9.17, 15) is 9.59 Å². The van der Waals surface area contributed by atoms with E-state index in [2.05, 4.69) is 10.6 Å². The molecule has 0 aromatic rings. The van der Waals surface area contributed by atoms with Gasteiger partial charge in [0.05, 0.1) is 0 Å². The highest BCUT2D eigenvalue weighted by Crippen LogP contribution is 2.26. The van der Waals surface area contributed by atoms with Gasteiger partial charge in [0.15, 0.2) is 0 Å². The second-order valence-electron chi connectivity index (χ2n) is 6.01. The lowest BCUT2D eigenvalue weighted by atomic mass is 9.84. The first-order valence-corrected chi connectivity index (χ1v) is 8.43. The molecule has 0 spiro atoms. The molecule has 1 atom stereocenters. The van der Waals surface area contributed by atoms with Crippen LogP contribution in [0.2, 0.25) is 0 Å². The SMILES string of the molecule is CCCNC(=O)CCCC(=O)NC(CN)C1CCCCC1. The highest BCUT2D eigenvalue weighted by molar-refractivity contribution is 5.79. The first-order valence-electron chi connectivity index (χ1n) is 8.43. The molecule has 4 N–H and O–H groups in total. The van der Waals surface area contributed by atoms with Crippen LogP contribution in [0, 0.1) is 5.92 Å². The molecule has 5 nitrogen and oxygen atoms in total. The molecule has 2 amide bonds. The number of nitrogens with two attached hydrogens (primary N) is 1.